The molecule has 0 amide bonds. The fourth-order valence-electron chi connectivity index (χ4n) is 2.88. The third-order valence-electron chi connectivity index (χ3n) is 4.86. The number of Topliss-reactive ketones (excluding diaryl/α,β-unsaturated/α-hetero) is 1. The van der Waals surface area contributed by atoms with E-state index in [1.165, 1.54) is 47.8 Å². The molecule has 1 aliphatic heterocycles. The Morgan fingerprint density at radius 2 is 1.64 bits per heavy atom. The average Bonchev–Trinajstić information content (AvgIpc) is 2.86. The largest absolute Gasteiger partial charge is 0.467 e. The Morgan fingerprint density at radius 1 is 1.07 bits per heavy atom. The minimum atomic E-state index is -4.30. The highest BCUT2D eigenvalue weighted by Gasteiger charge is 2.50. The van der Waals surface area contributed by atoms with Crippen molar-refractivity contribution < 1.29 is 26.5 Å². The van der Waals surface area contributed by atoms with Gasteiger partial charge in [-0.15, -0.1) is 0 Å². The fourth-order valence-corrected chi connectivity index (χ4v) is 3.89. The third-order valence-corrected chi connectivity index (χ3v) is 6.73. The summed E-state index contributed by atoms with van der Waals surface area (Å²) in [6.07, 6.45) is 0. The first kappa shape index (κ1) is 20.1. The van der Waals surface area contributed by atoms with Crippen LogP contribution in [0, 0.1) is 5.82 Å². The molecule has 0 aliphatic carbocycles. The van der Waals surface area contributed by atoms with Crippen molar-refractivity contribution in [2.45, 2.75) is 10.0 Å². The Bertz CT molecular complexity index is 1060. The highest BCUT2D eigenvalue weighted by molar-refractivity contribution is 7.90. The molecule has 0 unspecified atom stereocenters. The van der Waals surface area contributed by atoms with Gasteiger partial charge < -0.3 is 14.7 Å². The first-order valence-corrected chi connectivity index (χ1v) is 9.89. The molecule has 0 bridgehead atoms. The Balaban J connectivity index is 1.93. The maximum absolute atomic E-state index is 13.2. The zero-order chi connectivity index (χ0) is 20.7. The highest BCUT2D eigenvalue weighted by Crippen LogP contribution is 2.37. The number of ketones is 1. The van der Waals surface area contributed by atoms with Gasteiger partial charge in [0.2, 0.25) is 17.4 Å². The number of ether oxygens (including phenoxy) is 1. The number of carbonyl (C=O) groups is 1. The monoisotopic (exact) mass is 399 g/mol. The first-order chi connectivity index (χ1) is 13.0. The molecule has 28 heavy (non-hydrogen) atoms. The van der Waals surface area contributed by atoms with E-state index in [1.54, 1.807) is 30.3 Å². The van der Waals surface area contributed by atoms with Crippen LogP contribution in [-0.4, -0.2) is 37.7 Å². The Labute approximate surface area is 165 Å². The number of rotatable bonds is 5. The quantitative estimate of drug-likeness (QED) is 0.500. The van der Waals surface area contributed by atoms with Crippen LogP contribution in [-0.2, 0) is 33.9 Å². The van der Waals surface area contributed by atoms with E-state index < -0.39 is 43.4 Å². The van der Waals surface area contributed by atoms with Crippen molar-refractivity contribution in [2.24, 2.45) is 5.73 Å². The normalized spacial score (nSPS) is 20.1. The number of hydrogen-bond acceptors (Lipinski definition) is 6. The van der Waals surface area contributed by atoms with Gasteiger partial charge in [-0.1, -0.05) is 42.5 Å². The van der Waals surface area contributed by atoms with E-state index in [0.29, 0.717) is 11.1 Å². The second-order valence-electron chi connectivity index (χ2n) is 7.08. The average molecular weight is 399 g/mol. The molecule has 142 valence electrons. The van der Waals surface area contributed by atoms with E-state index in [1.807, 2.05) is 0 Å². The lowest BCUT2D eigenvalue weighted by molar-refractivity contribution is -0.126. The van der Waals surface area contributed by atoms with Crippen LogP contribution in [0.15, 0.2) is 66.2 Å². The summed E-state index contributed by atoms with van der Waals surface area (Å²) in [7, 11) is 0.0498. The van der Waals surface area contributed by atoms with E-state index in [9.17, 15) is 17.6 Å². The molecular weight excluding hydrogens is 382 g/mol. The van der Waals surface area contributed by atoms with Crippen LogP contribution in [0.5, 0.6) is 0 Å². The van der Waals surface area contributed by atoms with Gasteiger partial charge in [0, 0.05) is 0 Å². The van der Waals surface area contributed by atoms with Crippen molar-refractivity contribution in [3.05, 3.63) is 83.2 Å². The molecule has 2 aromatic rings. The van der Waals surface area contributed by atoms with Crippen LogP contribution >= 0.6 is 0 Å². The van der Waals surface area contributed by atoms with Crippen molar-refractivity contribution in [2.75, 3.05) is 0 Å². The molecule has 0 saturated carbocycles. The molecule has 0 aromatic heterocycles. The summed E-state index contributed by atoms with van der Waals surface area (Å²) in [4.78, 5) is 12.9. The van der Waals surface area contributed by atoms with E-state index in [4.69, 9.17) is 14.7 Å². The molecule has 3 rings (SSSR count). The summed E-state index contributed by atoms with van der Waals surface area (Å²) in [5.41, 5.74) is 4.97. The zero-order valence-electron chi connectivity index (χ0n) is 15.6. The number of halogens is 1. The van der Waals surface area contributed by atoms with Crippen LogP contribution < -0.4 is 5.73 Å². The van der Waals surface area contributed by atoms with Crippen molar-refractivity contribution in [1.82, 2.24) is 0 Å². The second-order valence-corrected chi connectivity index (χ2v) is 9.17. The smallest absolute Gasteiger partial charge is 0.304 e. The summed E-state index contributed by atoms with van der Waals surface area (Å²) in [6, 6.07) is 13.5. The molecule has 0 fully saturated rings. The van der Waals surface area contributed by atoms with Crippen molar-refractivity contribution >= 4 is 39.4 Å². The van der Waals surface area contributed by atoms with Crippen molar-refractivity contribution in [3.63, 3.8) is 0 Å². The molecule has 2 aromatic carbocycles. The molecule has 1 heterocycles. The molecule has 0 radical (unpaired) electrons. The fraction of sp³-hybridized carbons (Fsp3) is 0.118. The number of benzene rings is 2. The van der Waals surface area contributed by atoms with E-state index in [0.717, 1.165) is 0 Å². The van der Waals surface area contributed by atoms with Gasteiger partial charge in [0.1, 0.15) is 21.5 Å². The molecule has 11 heteroatoms. The molecule has 0 spiro atoms. The van der Waals surface area contributed by atoms with Gasteiger partial charge in [-0.05, 0) is 23.3 Å². The predicted molar refractivity (Wildman–Crippen MR) is 109 cm³/mol. The first-order valence-electron chi connectivity index (χ1n) is 8.48. The van der Waals surface area contributed by atoms with E-state index >= 15 is 0 Å². The summed E-state index contributed by atoms with van der Waals surface area (Å²) >= 11 is 0. The molecular formula is C17H17B3FNO5S. The van der Waals surface area contributed by atoms with Crippen LogP contribution in [0.25, 0.3) is 0 Å². The van der Waals surface area contributed by atoms with Crippen LogP contribution in [0.3, 0.4) is 0 Å². The SMILES string of the molecule is BC(B)(c1ccccc1)S(=O)(=O)OC1=C(N)O[C@](B)(c2ccc(F)cc2)C1=O. The molecule has 0 saturated heterocycles. The topological polar surface area (TPSA) is 95.7 Å². The van der Waals surface area contributed by atoms with Gasteiger partial charge in [-0.25, -0.2) is 4.39 Å². The zero-order valence-corrected chi connectivity index (χ0v) is 16.4. The molecule has 6 nitrogen and oxygen atoms in total. The standard InChI is InChI=1S/C17H17B3FNO5S/c18-16(10-6-8-12(21)9-7-10)14(23)13(15(22)26-16)27-28(24,25)17(19,20)11-4-2-1-3-5-11/h1-9H,18-20,22H2/t16-/m1/s1. The van der Waals surface area contributed by atoms with Gasteiger partial charge in [-0.2, -0.15) is 8.42 Å². The minimum absolute atomic E-state index is 0.320. The molecule has 2 N–H and O–H groups in total. The van der Waals surface area contributed by atoms with Crippen LogP contribution in [0.2, 0.25) is 0 Å². The van der Waals surface area contributed by atoms with E-state index in [2.05, 4.69) is 0 Å². The second kappa shape index (κ2) is 6.74. The van der Waals surface area contributed by atoms with Gasteiger partial charge in [0.05, 0.1) is 4.55 Å². The van der Waals surface area contributed by atoms with Crippen LogP contribution in [0.4, 0.5) is 4.39 Å². The summed E-state index contributed by atoms with van der Waals surface area (Å²) in [6.45, 7) is 0. The Kier molecular flexibility index (Phi) is 4.83. The van der Waals surface area contributed by atoms with E-state index in [-0.39, 0.29) is 0 Å². The maximum atomic E-state index is 13.2. The summed E-state index contributed by atoms with van der Waals surface area (Å²) in [5.74, 6) is -2.27. The van der Waals surface area contributed by atoms with Crippen molar-refractivity contribution in [3.8, 4) is 0 Å². The third kappa shape index (κ3) is 3.19. The summed E-state index contributed by atoms with van der Waals surface area (Å²) < 4.78 is 48.2. The maximum Gasteiger partial charge on any atom is 0.304 e. The van der Waals surface area contributed by atoms with Gasteiger partial charge in [0.15, 0.2) is 13.3 Å². The van der Waals surface area contributed by atoms with Gasteiger partial charge >= 0.3 is 10.1 Å². The molecule has 1 atom stereocenters. The number of nitrogens with two attached hydrogens (primary N) is 1. The lowest BCUT2D eigenvalue weighted by Gasteiger charge is -2.25. The Morgan fingerprint density at radius 3 is 2.21 bits per heavy atom. The number of hydrogen-bond donors (Lipinski definition) is 1. The van der Waals surface area contributed by atoms with Crippen LogP contribution in [0.1, 0.15) is 11.1 Å². The highest BCUT2D eigenvalue weighted by atomic mass is 32.2. The van der Waals surface area contributed by atoms with Gasteiger partial charge in [-0.3, -0.25) is 4.79 Å². The molecule has 1 aliphatic rings. The lowest BCUT2D eigenvalue weighted by atomic mass is 9.65. The number of carbonyl (C=O) groups excluding carboxylic acids is 1. The predicted octanol–water partition coefficient (Wildman–Crippen LogP) is -1.24. The van der Waals surface area contributed by atoms with Crippen molar-refractivity contribution in [1.29, 1.82) is 0 Å². The summed E-state index contributed by atoms with van der Waals surface area (Å²) in [5, 5.41) is 0. The minimum Gasteiger partial charge on any atom is -0.467 e. The Hall–Kier alpha value is -2.68. The van der Waals surface area contributed by atoms with Gasteiger partial charge in [0.25, 0.3) is 0 Å². The lowest BCUT2D eigenvalue weighted by Crippen LogP contribution is -2.40.